The molecule has 1 heterocycles. The molecule has 2 aromatic rings. The van der Waals surface area contributed by atoms with E-state index in [1.807, 2.05) is 6.07 Å². The smallest absolute Gasteiger partial charge is 0.289 e. The number of aromatic nitrogens is 1. The van der Waals surface area contributed by atoms with Gasteiger partial charge in [0, 0.05) is 31.4 Å². The second-order valence-corrected chi connectivity index (χ2v) is 5.01. The van der Waals surface area contributed by atoms with Crippen LogP contribution in [0, 0.1) is 13.8 Å². The van der Waals surface area contributed by atoms with Crippen LogP contribution >= 0.6 is 0 Å². The second kappa shape index (κ2) is 6.92. The lowest BCUT2D eigenvalue weighted by atomic mass is 10.2. The first-order valence-electron chi connectivity index (χ1n) is 7.13. The summed E-state index contributed by atoms with van der Waals surface area (Å²) in [6.45, 7) is 8.16. The number of carbonyl (C=O) groups is 1. The van der Waals surface area contributed by atoms with Crippen LogP contribution in [0.3, 0.4) is 0 Å². The van der Waals surface area contributed by atoms with Gasteiger partial charge in [0.1, 0.15) is 0 Å². The summed E-state index contributed by atoms with van der Waals surface area (Å²) in [5.74, 6) is 0.0296. The van der Waals surface area contributed by atoms with Gasteiger partial charge in [-0.05, 0) is 38.5 Å². The molecule has 0 aliphatic heterocycles. The predicted octanol–water partition coefficient (Wildman–Crippen LogP) is 2.55. The Morgan fingerprint density at radius 1 is 1.33 bits per heavy atom. The van der Waals surface area contributed by atoms with Crippen molar-refractivity contribution in [2.24, 2.45) is 0 Å². The van der Waals surface area contributed by atoms with E-state index >= 15 is 0 Å². The highest BCUT2D eigenvalue weighted by molar-refractivity contribution is 5.91. The molecule has 112 valence electrons. The van der Waals surface area contributed by atoms with Crippen molar-refractivity contribution in [1.29, 1.82) is 0 Å². The minimum Gasteiger partial charge on any atom is -0.370 e. The van der Waals surface area contributed by atoms with E-state index in [1.165, 1.54) is 11.3 Å². The van der Waals surface area contributed by atoms with Crippen molar-refractivity contribution in [3.63, 3.8) is 0 Å². The number of amides is 1. The zero-order chi connectivity index (χ0) is 15.2. The maximum atomic E-state index is 11.9. The van der Waals surface area contributed by atoms with E-state index < -0.39 is 0 Å². The van der Waals surface area contributed by atoms with Crippen LogP contribution in [0.15, 0.2) is 34.9 Å². The van der Waals surface area contributed by atoms with Crippen molar-refractivity contribution in [2.45, 2.75) is 20.8 Å². The lowest BCUT2D eigenvalue weighted by molar-refractivity contribution is 0.0917. The van der Waals surface area contributed by atoms with E-state index in [0.29, 0.717) is 12.2 Å². The van der Waals surface area contributed by atoms with Crippen molar-refractivity contribution in [3.05, 3.63) is 47.3 Å². The maximum absolute atomic E-state index is 11.9. The maximum Gasteiger partial charge on any atom is 0.289 e. The average molecular weight is 287 g/mol. The number of benzene rings is 1. The van der Waals surface area contributed by atoms with Crippen LogP contribution in [0.5, 0.6) is 0 Å². The Kier molecular flexibility index (Phi) is 4.98. The zero-order valence-electron chi connectivity index (χ0n) is 12.7. The van der Waals surface area contributed by atoms with E-state index in [9.17, 15) is 4.79 Å². The summed E-state index contributed by atoms with van der Waals surface area (Å²) in [7, 11) is 0. The van der Waals surface area contributed by atoms with Crippen LogP contribution in [-0.2, 0) is 0 Å². The molecule has 0 bridgehead atoms. The normalized spacial score (nSPS) is 10.4. The van der Waals surface area contributed by atoms with Gasteiger partial charge in [0.15, 0.2) is 0 Å². The molecule has 0 radical (unpaired) electrons. The standard InChI is InChI=1S/C16H21N3O2/c1-4-19(14-7-5-6-12(2)10-14)9-8-17-16(20)15-11-13(3)18-21-15/h5-7,10-11H,4,8-9H2,1-3H3,(H,17,20). The Balaban J connectivity index is 1.88. The summed E-state index contributed by atoms with van der Waals surface area (Å²) >= 11 is 0. The van der Waals surface area contributed by atoms with E-state index in [4.69, 9.17) is 4.52 Å². The Bertz CT molecular complexity index is 607. The number of likely N-dealkylation sites (N-methyl/N-ethyl adjacent to an activating group) is 1. The van der Waals surface area contributed by atoms with Gasteiger partial charge in [0.25, 0.3) is 5.91 Å². The van der Waals surface area contributed by atoms with Crippen LogP contribution in [0.25, 0.3) is 0 Å². The highest BCUT2D eigenvalue weighted by atomic mass is 16.5. The van der Waals surface area contributed by atoms with Gasteiger partial charge in [-0.3, -0.25) is 4.79 Å². The van der Waals surface area contributed by atoms with Crippen molar-refractivity contribution < 1.29 is 9.32 Å². The lowest BCUT2D eigenvalue weighted by Crippen LogP contribution is -2.34. The highest BCUT2D eigenvalue weighted by Crippen LogP contribution is 2.15. The van der Waals surface area contributed by atoms with E-state index in [-0.39, 0.29) is 11.7 Å². The number of carbonyl (C=O) groups excluding carboxylic acids is 1. The molecule has 0 unspecified atom stereocenters. The predicted molar refractivity (Wildman–Crippen MR) is 82.6 cm³/mol. The minimum absolute atomic E-state index is 0.226. The van der Waals surface area contributed by atoms with Crippen LogP contribution in [0.1, 0.15) is 28.7 Å². The molecule has 1 N–H and O–H groups in total. The van der Waals surface area contributed by atoms with Gasteiger partial charge in [-0.25, -0.2) is 0 Å². The number of aryl methyl sites for hydroxylation is 2. The summed E-state index contributed by atoms with van der Waals surface area (Å²) < 4.78 is 4.93. The summed E-state index contributed by atoms with van der Waals surface area (Å²) in [6.07, 6.45) is 0. The molecule has 0 saturated heterocycles. The molecule has 5 nitrogen and oxygen atoms in total. The van der Waals surface area contributed by atoms with Crippen LogP contribution in [0.2, 0.25) is 0 Å². The van der Waals surface area contributed by atoms with E-state index in [2.05, 4.69) is 47.4 Å². The molecule has 0 fully saturated rings. The van der Waals surface area contributed by atoms with Gasteiger partial charge < -0.3 is 14.7 Å². The van der Waals surface area contributed by atoms with Gasteiger partial charge in [0.2, 0.25) is 5.76 Å². The molecule has 0 saturated carbocycles. The molecule has 1 aromatic carbocycles. The quantitative estimate of drug-likeness (QED) is 0.887. The molecule has 2 rings (SSSR count). The van der Waals surface area contributed by atoms with Gasteiger partial charge in [-0.2, -0.15) is 0 Å². The number of nitrogens with one attached hydrogen (secondary N) is 1. The summed E-state index contributed by atoms with van der Waals surface area (Å²) in [6, 6.07) is 9.98. The summed E-state index contributed by atoms with van der Waals surface area (Å²) in [5.41, 5.74) is 3.10. The van der Waals surface area contributed by atoms with Crippen LogP contribution in [0.4, 0.5) is 5.69 Å². The van der Waals surface area contributed by atoms with Crippen molar-refractivity contribution in [3.8, 4) is 0 Å². The fourth-order valence-corrected chi connectivity index (χ4v) is 2.16. The summed E-state index contributed by atoms with van der Waals surface area (Å²) in [5, 5.41) is 6.56. The van der Waals surface area contributed by atoms with Gasteiger partial charge in [-0.15, -0.1) is 0 Å². The number of anilines is 1. The van der Waals surface area contributed by atoms with Gasteiger partial charge >= 0.3 is 0 Å². The molecule has 1 aromatic heterocycles. The lowest BCUT2D eigenvalue weighted by Gasteiger charge is -2.23. The molecule has 0 aliphatic carbocycles. The molecule has 0 spiro atoms. The Morgan fingerprint density at radius 3 is 2.76 bits per heavy atom. The van der Waals surface area contributed by atoms with Gasteiger partial charge in [-0.1, -0.05) is 17.3 Å². The molecule has 0 aliphatic rings. The van der Waals surface area contributed by atoms with E-state index in [1.54, 1.807) is 13.0 Å². The third kappa shape index (κ3) is 4.08. The first-order chi connectivity index (χ1) is 10.1. The largest absolute Gasteiger partial charge is 0.370 e. The molecule has 1 amide bonds. The first kappa shape index (κ1) is 15.1. The van der Waals surface area contributed by atoms with Gasteiger partial charge in [0.05, 0.1) is 5.69 Å². The van der Waals surface area contributed by atoms with E-state index in [0.717, 1.165) is 13.1 Å². The van der Waals surface area contributed by atoms with Crippen molar-refractivity contribution >= 4 is 11.6 Å². The average Bonchev–Trinajstić information content (AvgIpc) is 2.90. The fourth-order valence-electron chi connectivity index (χ4n) is 2.16. The van der Waals surface area contributed by atoms with Crippen molar-refractivity contribution in [1.82, 2.24) is 10.5 Å². The Morgan fingerprint density at radius 2 is 2.14 bits per heavy atom. The first-order valence-corrected chi connectivity index (χ1v) is 7.13. The summed E-state index contributed by atoms with van der Waals surface area (Å²) in [4.78, 5) is 14.1. The monoisotopic (exact) mass is 287 g/mol. The Labute approximate surface area is 124 Å². The van der Waals surface area contributed by atoms with Crippen molar-refractivity contribution in [2.75, 3.05) is 24.5 Å². The third-order valence-electron chi connectivity index (χ3n) is 3.27. The molecular weight excluding hydrogens is 266 g/mol. The fraction of sp³-hybridized carbons (Fsp3) is 0.375. The molecule has 0 atom stereocenters. The number of nitrogens with zero attached hydrogens (tertiary/aromatic N) is 2. The molecule has 21 heavy (non-hydrogen) atoms. The van der Waals surface area contributed by atoms with Crippen LogP contribution in [-0.4, -0.2) is 30.7 Å². The number of hydrogen-bond acceptors (Lipinski definition) is 4. The number of hydrogen-bond donors (Lipinski definition) is 1. The minimum atomic E-state index is -0.226. The SMILES string of the molecule is CCN(CCNC(=O)c1cc(C)no1)c1cccc(C)c1. The molecule has 5 heteroatoms. The van der Waals surface area contributed by atoms with Crippen LogP contribution < -0.4 is 10.2 Å². The third-order valence-corrected chi connectivity index (χ3v) is 3.27. The Hall–Kier alpha value is -2.30. The second-order valence-electron chi connectivity index (χ2n) is 5.01. The topological polar surface area (TPSA) is 58.4 Å². The highest BCUT2D eigenvalue weighted by Gasteiger charge is 2.11. The molecular formula is C16H21N3O2. The number of rotatable bonds is 6. The zero-order valence-corrected chi connectivity index (χ0v) is 12.7.